The summed E-state index contributed by atoms with van der Waals surface area (Å²) < 4.78 is 2.21. The Morgan fingerprint density at radius 2 is 0.771 bits per heavy atom. The van der Waals surface area contributed by atoms with Gasteiger partial charge in [-0.05, 0) is 68.1 Å². The van der Waals surface area contributed by atoms with Crippen LogP contribution in [0, 0.1) is 0 Å². The summed E-state index contributed by atoms with van der Waals surface area (Å²) in [6.07, 6.45) is 0. The van der Waals surface area contributed by atoms with Gasteiger partial charge in [0.2, 0.25) is 0 Å². The summed E-state index contributed by atoms with van der Waals surface area (Å²) >= 11 is 7.25. The van der Waals surface area contributed by atoms with Gasteiger partial charge in [-0.1, -0.05) is 130 Å². The van der Waals surface area contributed by atoms with E-state index in [1.54, 1.807) is 0 Å². The summed E-state index contributed by atoms with van der Waals surface area (Å²) in [5, 5.41) is 10.00. The zero-order valence-electron chi connectivity index (χ0n) is 20.1. The Hall–Kier alpha value is -2.50. The van der Waals surface area contributed by atoms with Crippen molar-refractivity contribution in [1.29, 1.82) is 0 Å². The van der Waals surface area contributed by atoms with Gasteiger partial charge < -0.3 is 5.11 Å². The van der Waals surface area contributed by atoms with E-state index in [4.69, 9.17) is 5.11 Å². The second kappa shape index (κ2) is 11.0. The largest absolute Gasteiger partial charge is 0.400 e. The molecule has 0 aliphatic carbocycles. The first-order valence-electron chi connectivity index (χ1n) is 11.5. The molecule has 0 fully saturated rings. The van der Waals surface area contributed by atoms with Gasteiger partial charge in [-0.2, -0.15) is 0 Å². The molecule has 0 atom stereocenters. The fourth-order valence-electron chi connectivity index (χ4n) is 5.03. The minimum Gasteiger partial charge on any atom is -0.400 e. The van der Waals surface area contributed by atoms with Crippen molar-refractivity contribution in [2.45, 2.75) is 13.1 Å². The minimum atomic E-state index is -2.08. The zero-order chi connectivity index (χ0) is 25.0. The van der Waals surface area contributed by atoms with Crippen LogP contribution in [0.5, 0.6) is 0 Å². The number of halogens is 2. The highest BCUT2D eigenvalue weighted by Crippen LogP contribution is 2.55. The maximum atomic E-state index is 7.00. The average Bonchev–Trinajstić information content (AvgIpc) is 3.14. The molecule has 0 spiro atoms. The number of allylic oxidation sites excluding steroid dienone is 2. The molecule has 1 N–H and O–H groups in total. The van der Waals surface area contributed by atoms with Crippen molar-refractivity contribution >= 4 is 61.5 Å². The van der Waals surface area contributed by atoms with Gasteiger partial charge in [0, 0.05) is 16.1 Å². The molecule has 1 heterocycles. The van der Waals surface area contributed by atoms with E-state index in [2.05, 4.69) is 154 Å². The van der Waals surface area contributed by atoms with Gasteiger partial charge in [0.15, 0.2) is 0 Å². The maximum absolute atomic E-state index is 7.00. The summed E-state index contributed by atoms with van der Waals surface area (Å²) in [7, 11) is -1.08. The molecule has 4 heteroatoms. The molecular weight excluding hydrogens is 576 g/mol. The lowest BCUT2D eigenvalue weighted by Gasteiger charge is -2.26. The van der Waals surface area contributed by atoms with E-state index in [1.807, 2.05) is 0 Å². The van der Waals surface area contributed by atoms with Crippen LogP contribution in [0.15, 0.2) is 118 Å². The molecule has 176 valence electrons. The van der Waals surface area contributed by atoms with Gasteiger partial charge in [0.25, 0.3) is 0 Å². The standard InChI is InChI=1S/C30H24Br2Si.CH4O/c1-33(2)29(23-13-17-25(31)18-14-23)27(21-9-5-3-6-10-21)28(22-11-7-4-8-12-22)30(33)24-15-19-26(32)20-16-24;1-2/h3-20H,1-2H3;2H,1H3. The van der Waals surface area contributed by atoms with Crippen molar-refractivity contribution in [2.24, 2.45) is 0 Å². The number of hydrogen-bond acceptors (Lipinski definition) is 1. The van der Waals surface area contributed by atoms with Crippen LogP contribution in [-0.4, -0.2) is 20.3 Å². The molecule has 4 aromatic carbocycles. The van der Waals surface area contributed by atoms with Crippen molar-refractivity contribution in [3.63, 3.8) is 0 Å². The van der Waals surface area contributed by atoms with E-state index in [1.165, 1.54) is 43.8 Å². The predicted molar refractivity (Wildman–Crippen MR) is 160 cm³/mol. The van der Waals surface area contributed by atoms with Gasteiger partial charge in [-0.25, -0.2) is 0 Å². The highest BCUT2D eigenvalue weighted by atomic mass is 79.9. The topological polar surface area (TPSA) is 20.2 Å². The highest BCUT2D eigenvalue weighted by Gasteiger charge is 2.43. The number of hydrogen-bond donors (Lipinski definition) is 1. The van der Waals surface area contributed by atoms with Crippen LogP contribution >= 0.6 is 31.9 Å². The van der Waals surface area contributed by atoms with Crippen LogP contribution < -0.4 is 0 Å². The third kappa shape index (κ3) is 5.07. The van der Waals surface area contributed by atoms with E-state index in [9.17, 15) is 0 Å². The van der Waals surface area contributed by atoms with E-state index in [-0.39, 0.29) is 0 Å². The minimum absolute atomic E-state index is 1.00. The Morgan fingerprint density at radius 1 is 0.457 bits per heavy atom. The van der Waals surface area contributed by atoms with Gasteiger partial charge in [-0.3, -0.25) is 0 Å². The molecule has 1 nitrogen and oxygen atoms in total. The first-order chi connectivity index (χ1) is 17.0. The number of aliphatic hydroxyl groups is 1. The molecule has 0 saturated heterocycles. The Kier molecular flexibility index (Phi) is 8.08. The normalized spacial score (nSPS) is 14.6. The SMILES string of the molecule is CO.C[Si]1(C)C(c2ccc(Br)cc2)=C(c2ccccc2)C(c2ccccc2)=C1c1ccc(Br)cc1. The van der Waals surface area contributed by atoms with Gasteiger partial charge in [0.05, 0.1) is 0 Å². The summed E-state index contributed by atoms with van der Waals surface area (Å²) in [6.45, 7) is 5.00. The summed E-state index contributed by atoms with van der Waals surface area (Å²) in [5.74, 6) is 0. The fourth-order valence-corrected chi connectivity index (χ4v) is 9.37. The predicted octanol–water partition coefficient (Wildman–Crippen LogP) is 9.14. The molecule has 5 rings (SSSR count). The molecule has 0 bridgehead atoms. The molecule has 4 aromatic rings. The van der Waals surface area contributed by atoms with Gasteiger partial charge >= 0.3 is 0 Å². The lowest BCUT2D eigenvalue weighted by Crippen LogP contribution is -2.28. The Bertz CT molecular complexity index is 1250. The van der Waals surface area contributed by atoms with Gasteiger partial charge in [0.1, 0.15) is 8.07 Å². The third-order valence-corrected chi connectivity index (χ3v) is 11.0. The second-order valence-corrected chi connectivity index (χ2v) is 15.0. The van der Waals surface area contributed by atoms with E-state index in [0.29, 0.717) is 0 Å². The monoisotopic (exact) mass is 602 g/mol. The molecule has 1 aliphatic heterocycles. The van der Waals surface area contributed by atoms with Crippen molar-refractivity contribution < 1.29 is 5.11 Å². The maximum Gasteiger partial charge on any atom is 0.115 e. The fraction of sp³-hybridized carbons (Fsp3) is 0.0968. The van der Waals surface area contributed by atoms with E-state index >= 15 is 0 Å². The lowest BCUT2D eigenvalue weighted by atomic mass is 9.89. The van der Waals surface area contributed by atoms with Crippen molar-refractivity contribution in [2.75, 3.05) is 7.11 Å². The van der Waals surface area contributed by atoms with Crippen LogP contribution in [-0.2, 0) is 0 Å². The van der Waals surface area contributed by atoms with Crippen LogP contribution in [0.2, 0.25) is 13.1 Å². The van der Waals surface area contributed by atoms with Crippen LogP contribution in [0.3, 0.4) is 0 Å². The zero-order valence-corrected chi connectivity index (χ0v) is 24.3. The smallest absolute Gasteiger partial charge is 0.115 e. The number of aliphatic hydroxyl groups excluding tert-OH is 1. The molecule has 0 amide bonds. The number of rotatable bonds is 4. The van der Waals surface area contributed by atoms with Crippen LogP contribution in [0.4, 0.5) is 0 Å². The molecule has 1 aliphatic rings. The Balaban J connectivity index is 0.00000141. The first-order valence-corrected chi connectivity index (χ1v) is 16.1. The van der Waals surface area contributed by atoms with Crippen molar-refractivity contribution in [3.05, 3.63) is 140 Å². The summed E-state index contributed by atoms with van der Waals surface area (Å²) in [5.41, 5.74) is 7.94. The molecule has 35 heavy (non-hydrogen) atoms. The Morgan fingerprint density at radius 3 is 1.09 bits per heavy atom. The lowest BCUT2D eigenvalue weighted by molar-refractivity contribution is 0.399. The van der Waals surface area contributed by atoms with Crippen LogP contribution in [0.1, 0.15) is 22.3 Å². The van der Waals surface area contributed by atoms with Crippen molar-refractivity contribution in [3.8, 4) is 0 Å². The van der Waals surface area contributed by atoms with E-state index < -0.39 is 8.07 Å². The van der Waals surface area contributed by atoms with Gasteiger partial charge in [-0.15, -0.1) is 0 Å². The highest BCUT2D eigenvalue weighted by molar-refractivity contribution is 9.10. The van der Waals surface area contributed by atoms with Crippen LogP contribution in [0.25, 0.3) is 21.5 Å². The molecule has 0 unspecified atom stereocenters. The Labute approximate surface area is 226 Å². The molecule has 0 radical (unpaired) electrons. The quantitative estimate of drug-likeness (QED) is 0.231. The van der Waals surface area contributed by atoms with Crippen molar-refractivity contribution in [1.82, 2.24) is 0 Å². The summed E-state index contributed by atoms with van der Waals surface area (Å²) in [4.78, 5) is 0. The third-order valence-electron chi connectivity index (χ3n) is 6.39. The number of benzene rings is 4. The molecule has 0 aromatic heterocycles. The van der Waals surface area contributed by atoms with E-state index in [0.717, 1.165) is 16.1 Å². The first kappa shape index (κ1) is 25.6. The average molecular weight is 604 g/mol. The summed E-state index contributed by atoms with van der Waals surface area (Å²) in [6, 6.07) is 39.5. The molecular formula is C31H28Br2OSi. The molecule has 0 saturated carbocycles. The second-order valence-electron chi connectivity index (χ2n) is 8.87.